The number of hydrogen-bond acceptors (Lipinski definition) is 5. The Hall–Kier alpha value is -2.29. The predicted molar refractivity (Wildman–Crippen MR) is 123 cm³/mol. The average molecular weight is 480 g/mol. The molecule has 4 rings (SSSR count). The van der Waals surface area contributed by atoms with Crippen LogP contribution in [0.1, 0.15) is 69.0 Å². The molecule has 1 aliphatic heterocycles. The van der Waals surface area contributed by atoms with Crippen molar-refractivity contribution >= 4 is 17.7 Å². The van der Waals surface area contributed by atoms with Crippen LogP contribution in [-0.2, 0) is 27.2 Å². The van der Waals surface area contributed by atoms with Crippen molar-refractivity contribution in [2.75, 3.05) is 18.5 Å². The van der Waals surface area contributed by atoms with Crippen LogP contribution >= 0.6 is 0 Å². The van der Waals surface area contributed by atoms with E-state index in [1.165, 1.54) is 5.56 Å². The van der Waals surface area contributed by atoms with Crippen LogP contribution in [0.5, 0.6) is 0 Å². The minimum Gasteiger partial charge on any atom is -0.480 e. The van der Waals surface area contributed by atoms with E-state index in [1.54, 1.807) is 0 Å². The maximum Gasteiger partial charge on any atom is 0.326 e. The van der Waals surface area contributed by atoms with Gasteiger partial charge in [0, 0.05) is 44.0 Å². The first-order valence-electron chi connectivity index (χ1n) is 12.5. The molecule has 0 radical (unpaired) electrons. The Balaban J connectivity index is 1.13. The smallest absolute Gasteiger partial charge is 0.326 e. The lowest BCUT2D eigenvalue weighted by molar-refractivity contribution is -0.145. The molecule has 0 bridgehead atoms. The maximum atomic E-state index is 13.6. The number of aliphatic carboxylic acids is 1. The quantitative estimate of drug-likeness (QED) is 0.470. The monoisotopic (exact) mass is 479 g/mol. The van der Waals surface area contributed by atoms with E-state index in [0.717, 1.165) is 56.6 Å². The number of carbonyl (C=O) groups is 2. The summed E-state index contributed by atoms with van der Waals surface area (Å²) in [6.07, 6.45) is 6.22. The Labute approximate surface area is 199 Å². The van der Waals surface area contributed by atoms with Gasteiger partial charge < -0.3 is 20.5 Å². The van der Waals surface area contributed by atoms with Crippen LogP contribution in [0, 0.1) is 11.8 Å². The molecule has 0 spiro atoms. The molecule has 9 heteroatoms. The van der Waals surface area contributed by atoms with Crippen molar-refractivity contribution in [1.82, 2.24) is 10.3 Å². The summed E-state index contributed by atoms with van der Waals surface area (Å²) in [5.41, 5.74) is 2.40. The highest BCUT2D eigenvalue weighted by Crippen LogP contribution is 2.37. The van der Waals surface area contributed by atoms with E-state index in [0.29, 0.717) is 12.3 Å². The number of hydrogen-bond donors (Lipinski definition) is 3. The number of fused-ring (bicyclic) bond motifs is 1. The van der Waals surface area contributed by atoms with Gasteiger partial charge in [0.05, 0.1) is 6.10 Å². The van der Waals surface area contributed by atoms with Crippen LogP contribution in [0.15, 0.2) is 12.1 Å². The van der Waals surface area contributed by atoms with Crippen LogP contribution in [-0.4, -0.2) is 53.2 Å². The van der Waals surface area contributed by atoms with E-state index in [9.17, 15) is 23.5 Å². The van der Waals surface area contributed by atoms with Gasteiger partial charge in [-0.15, -0.1) is 0 Å². The standard InChI is InChI=1S/C25H35F2N3O4/c26-25(27)10-1-3-18(15-25)23(31)30-21(24(32)33)9-12-34-20-13-16(14-20)5-7-19-8-6-17-4-2-11-28-22(17)29-19/h6,8,16,18,20-21H,1-5,7,9-15H2,(H,28,29)(H,30,31)(H,32,33)/t16-,18?,20-,21?. The summed E-state index contributed by atoms with van der Waals surface area (Å²) in [7, 11) is 0. The fraction of sp³-hybridized carbons (Fsp3) is 0.720. The highest BCUT2D eigenvalue weighted by molar-refractivity contribution is 5.85. The predicted octanol–water partition coefficient (Wildman–Crippen LogP) is 3.95. The maximum absolute atomic E-state index is 13.6. The molecule has 7 nitrogen and oxygen atoms in total. The topological polar surface area (TPSA) is 101 Å². The number of aryl methyl sites for hydroxylation is 2. The zero-order valence-electron chi connectivity index (χ0n) is 19.5. The Kier molecular flexibility index (Phi) is 8.01. The number of halogens is 2. The third-order valence-corrected chi connectivity index (χ3v) is 7.34. The first kappa shape index (κ1) is 24.8. The molecule has 2 fully saturated rings. The lowest BCUT2D eigenvalue weighted by Gasteiger charge is -2.35. The molecule has 0 saturated heterocycles. The number of alkyl halides is 2. The Bertz CT molecular complexity index is 876. The molecule has 2 saturated carbocycles. The minimum absolute atomic E-state index is 0.102. The lowest BCUT2D eigenvalue weighted by Crippen LogP contribution is -2.46. The van der Waals surface area contributed by atoms with E-state index in [-0.39, 0.29) is 32.0 Å². The molecular weight excluding hydrogens is 444 g/mol. The van der Waals surface area contributed by atoms with E-state index < -0.39 is 36.2 Å². The number of ether oxygens (including phenoxy) is 1. The number of carboxylic acid groups (broad SMARTS) is 1. The van der Waals surface area contributed by atoms with Crippen molar-refractivity contribution in [1.29, 1.82) is 0 Å². The fourth-order valence-corrected chi connectivity index (χ4v) is 5.20. The van der Waals surface area contributed by atoms with E-state index in [2.05, 4.69) is 22.8 Å². The summed E-state index contributed by atoms with van der Waals surface area (Å²) in [5.74, 6) is -3.86. The summed E-state index contributed by atoms with van der Waals surface area (Å²) in [6.45, 7) is 1.20. The van der Waals surface area contributed by atoms with Crippen LogP contribution in [0.4, 0.5) is 14.6 Å². The van der Waals surface area contributed by atoms with Crippen molar-refractivity contribution < 1.29 is 28.2 Å². The Morgan fingerprint density at radius 2 is 2.12 bits per heavy atom. The second-order valence-corrected chi connectivity index (χ2v) is 10.0. The number of carbonyl (C=O) groups excluding carboxylic acids is 1. The molecule has 1 aromatic rings. The van der Waals surface area contributed by atoms with Gasteiger partial charge in [0.15, 0.2) is 0 Å². The lowest BCUT2D eigenvalue weighted by atomic mass is 9.79. The molecule has 0 aromatic carbocycles. The van der Waals surface area contributed by atoms with Gasteiger partial charge in [-0.3, -0.25) is 4.79 Å². The summed E-state index contributed by atoms with van der Waals surface area (Å²) in [5, 5.41) is 15.2. The molecular formula is C25H35F2N3O4. The van der Waals surface area contributed by atoms with Crippen molar-refractivity contribution in [2.24, 2.45) is 11.8 Å². The molecule has 1 amide bonds. The van der Waals surface area contributed by atoms with E-state index in [4.69, 9.17) is 9.72 Å². The zero-order chi connectivity index (χ0) is 24.1. The van der Waals surface area contributed by atoms with Crippen molar-refractivity contribution in [3.05, 3.63) is 23.4 Å². The minimum atomic E-state index is -2.85. The van der Waals surface area contributed by atoms with Crippen LogP contribution < -0.4 is 10.6 Å². The first-order valence-corrected chi connectivity index (χ1v) is 12.5. The number of carboxylic acids is 1. The van der Waals surface area contributed by atoms with Gasteiger partial charge in [-0.1, -0.05) is 6.07 Å². The summed E-state index contributed by atoms with van der Waals surface area (Å²) >= 11 is 0. The first-order chi connectivity index (χ1) is 16.3. The van der Waals surface area contributed by atoms with Gasteiger partial charge in [0.2, 0.25) is 11.8 Å². The molecule has 3 aliphatic rings. The molecule has 3 N–H and O–H groups in total. The Morgan fingerprint density at radius 1 is 1.29 bits per heavy atom. The van der Waals surface area contributed by atoms with Gasteiger partial charge in [-0.05, 0) is 68.9 Å². The van der Waals surface area contributed by atoms with Crippen molar-refractivity contribution in [3.8, 4) is 0 Å². The van der Waals surface area contributed by atoms with Gasteiger partial charge in [0.25, 0.3) is 0 Å². The van der Waals surface area contributed by atoms with Gasteiger partial charge in [-0.25, -0.2) is 18.6 Å². The average Bonchev–Trinajstić information content (AvgIpc) is 2.78. The van der Waals surface area contributed by atoms with Crippen molar-refractivity contribution in [3.63, 3.8) is 0 Å². The summed E-state index contributed by atoms with van der Waals surface area (Å²) < 4.78 is 33.0. The number of nitrogens with zero attached hydrogens (tertiary/aromatic N) is 1. The molecule has 2 unspecified atom stereocenters. The van der Waals surface area contributed by atoms with E-state index >= 15 is 0 Å². The number of aromatic nitrogens is 1. The van der Waals surface area contributed by atoms with Crippen molar-refractivity contribution in [2.45, 2.75) is 88.7 Å². The van der Waals surface area contributed by atoms with Gasteiger partial charge in [-0.2, -0.15) is 0 Å². The highest BCUT2D eigenvalue weighted by Gasteiger charge is 2.40. The zero-order valence-corrected chi connectivity index (χ0v) is 19.5. The fourth-order valence-electron chi connectivity index (χ4n) is 5.20. The SMILES string of the molecule is O=C(NC(CCO[C@H]1C[C@H](CCc2ccc3c(n2)NCCC3)C1)C(=O)O)C1CCCC(F)(F)C1. The highest BCUT2D eigenvalue weighted by atomic mass is 19.3. The third-order valence-electron chi connectivity index (χ3n) is 7.34. The largest absolute Gasteiger partial charge is 0.480 e. The number of rotatable bonds is 10. The third kappa shape index (κ3) is 6.64. The normalized spacial score (nSPS) is 26.5. The molecule has 2 heterocycles. The summed E-state index contributed by atoms with van der Waals surface area (Å²) in [6, 6.07) is 3.17. The van der Waals surface area contributed by atoms with Crippen LogP contribution in [0.2, 0.25) is 0 Å². The summed E-state index contributed by atoms with van der Waals surface area (Å²) in [4.78, 5) is 28.6. The molecule has 188 valence electrons. The van der Waals surface area contributed by atoms with Gasteiger partial charge in [0.1, 0.15) is 11.9 Å². The number of anilines is 1. The molecule has 2 atom stereocenters. The molecule has 1 aromatic heterocycles. The van der Waals surface area contributed by atoms with E-state index in [1.807, 2.05) is 0 Å². The van der Waals surface area contributed by atoms with Gasteiger partial charge >= 0.3 is 5.97 Å². The number of pyridine rings is 1. The van der Waals surface area contributed by atoms with Crippen LogP contribution in [0.25, 0.3) is 0 Å². The number of amides is 1. The second kappa shape index (κ2) is 11.0. The molecule has 34 heavy (non-hydrogen) atoms. The molecule has 2 aliphatic carbocycles. The van der Waals surface area contributed by atoms with Crippen LogP contribution in [0.3, 0.4) is 0 Å². The second-order valence-electron chi connectivity index (χ2n) is 10.0. The number of nitrogens with one attached hydrogen (secondary N) is 2. The Morgan fingerprint density at radius 3 is 2.88 bits per heavy atom.